The average Bonchev–Trinajstić information content (AvgIpc) is 3.15. The number of likely N-dealkylation sites (tertiary alicyclic amines) is 1. The summed E-state index contributed by atoms with van der Waals surface area (Å²) in [4.78, 5) is 14.4. The topological polar surface area (TPSA) is 64.2 Å². The Morgan fingerprint density at radius 2 is 2.27 bits per heavy atom. The maximum absolute atomic E-state index is 12.5. The van der Waals surface area contributed by atoms with Crippen molar-refractivity contribution in [3.05, 3.63) is 46.7 Å². The number of halogens is 2. The van der Waals surface area contributed by atoms with Gasteiger partial charge in [0.15, 0.2) is 0 Å². The molecule has 0 aliphatic carbocycles. The van der Waals surface area contributed by atoms with Crippen LogP contribution in [0, 0.1) is 0 Å². The summed E-state index contributed by atoms with van der Waals surface area (Å²) in [5, 5.41) is 4.29. The van der Waals surface area contributed by atoms with E-state index in [1.165, 1.54) is 0 Å². The molecule has 1 saturated heterocycles. The molecule has 1 aromatic heterocycles. The highest BCUT2D eigenvalue weighted by Gasteiger charge is 2.28. The fourth-order valence-electron chi connectivity index (χ4n) is 2.71. The summed E-state index contributed by atoms with van der Waals surface area (Å²) in [6, 6.07) is 7.96. The van der Waals surface area contributed by atoms with Crippen molar-refractivity contribution in [2.24, 2.45) is 5.73 Å². The Kier molecular flexibility index (Phi) is 5.61. The summed E-state index contributed by atoms with van der Waals surface area (Å²) >= 11 is 3.44. The maximum Gasteiger partial charge on any atom is 0.257 e. The molecule has 1 aliphatic heterocycles. The second-order valence-corrected chi connectivity index (χ2v) is 6.10. The van der Waals surface area contributed by atoms with Crippen molar-refractivity contribution >= 4 is 34.2 Å². The molecule has 1 aliphatic rings. The number of hydrogen-bond acceptors (Lipinski definition) is 3. The molecule has 0 saturated carbocycles. The van der Waals surface area contributed by atoms with Gasteiger partial charge in [0.25, 0.3) is 5.91 Å². The molecule has 2 heterocycles. The van der Waals surface area contributed by atoms with Gasteiger partial charge in [-0.15, -0.1) is 12.4 Å². The van der Waals surface area contributed by atoms with Crippen LogP contribution in [0.25, 0.3) is 5.69 Å². The van der Waals surface area contributed by atoms with E-state index in [2.05, 4.69) is 21.0 Å². The number of benzene rings is 1. The normalized spacial score (nSPS) is 17.4. The fraction of sp³-hybridized carbons (Fsp3) is 0.333. The van der Waals surface area contributed by atoms with Gasteiger partial charge in [-0.05, 0) is 31.0 Å². The largest absolute Gasteiger partial charge is 0.334 e. The predicted octanol–water partition coefficient (Wildman–Crippen LogP) is 2.62. The highest BCUT2D eigenvalue weighted by atomic mass is 79.9. The molecule has 0 bridgehead atoms. The first kappa shape index (κ1) is 17.0. The molecule has 3 rings (SSSR count). The molecule has 2 aromatic rings. The van der Waals surface area contributed by atoms with Crippen molar-refractivity contribution in [1.29, 1.82) is 0 Å². The summed E-state index contributed by atoms with van der Waals surface area (Å²) in [5.41, 5.74) is 7.26. The first-order chi connectivity index (χ1) is 10.2. The van der Waals surface area contributed by atoms with Gasteiger partial charge < -0.3 is 10.6 Å². The quantitative estimate of drug-likeness (QED) is 0.883. The van der Waals surface area contributed by atoms with Crippen LogP contribution in [-0.4, -0.2) is 39.7 Å². The lowest BCUT2D eigenvalue weighted by atomic mass is 10.2. The Labute approximate surface area is 144 Å². The van der Waals surface area contributed by atoms with Crippen molar-refractivity contribution in [1.82, 2.24) is 14.7 Å². The third kappa shape index (κ3) is 3.34. The van der Waals surface area contributed by atoms with Crippen molar-refractivity contribution in [3.8, 4) is 5.69 Å². The van der Waals surface area contributed by atoms with E-state index < -0.39 is 0 Å². The Bertz CT molecular complexity index is 660. The van der Waals surface area contributed by atoms with Crippen LogP contribution in [0.2, 0.25) is 0 Å². The van der Waals surface area contributed by atoms with Crippen LogP contribution in [0.4, 0.5) is 0 Å². The van der Waals surface area contributed by atoms with Crippen LogP contribution in [-0.2, 0) is 0 Å². The molecule has 1 unspecified atom stereocenters. The van der Waals surface area contributed by atoms with Crippen LogP contribution in [0.5, 0.6) is 0 Å². The van der Waals surface area contributed by atoms with E-state index in [1.54, 1.807) is 17.1 Å². The summed E-state index contributed by atoms with van der Waals surface area (Å²) in [6.07, 6.45) is 5.40. The number of nitrogens with two attached hydrogens (primary N) is 1. The van der Waals surface area contributed by atoms with E-state index in [1.807, 2.05) is 29.2 Å². The predicted molar refractivity (Wildman–Crippen MR) is 91.6 cm³/mol. The third-order valence-corrected chi connectivity index (χ3v) is 4.31. The standard InChI is InChI=1S/C15H17BrN4O.ClH/c16-12-3-1-4-13(7-12)20-10-11(9-18-20)15(21)19-6-2-5-14(19)8-17;/h1,3-4,7,9-10,14H,2,5-6,8,17H2;1H. The average molecular weight is 386 g/mol. The molecule has 22 heavy (non-hydrogen) atoms. The zero-order valence-electron chi connectivity index (χ0n) is 12.0. The molecule has 2 N–H and O–H groups in total. The number of aromatic nitrogens is 2. The van der Waals surface area contributed by atoms with E-state index >= 15 is 0 Å². The van der Waals surface area contributed by atoms with Gasteiger partial charge in [-0.2, -0.15) is 5.10 Å². The van der Waals surface area contributed by atoms with Gasteiger partial charge in [-0.3, -0.25) is 4.79 Å². The number of hydrogen-bond donors (Lipinski definition) is 1. The molecular weight excluding hydrogens is 368 g/mol. The molecule has 1 amide bonds. The van der Waals surface area contributed by atoms with Gasteiger partial charge in [0.2, 0.25) is 0 Å². The van der Waals surface area contributed by atoms with Crippen molar-refractivity contribution < 1.29 is 4.79 Å². The molecule has 1 fully saturated rings. The van der Waals surface area contributed by atoms with Crippen molar-refractivity contribution in [2.45, 2.75) is 18.9 Å². The van der Waals surface area contributed by atoms with E-state index in [0.717, 1.165) is 29.5 Å². The van der Waals surface area contributed by atoms with E-state index in [0.29, 0.717) is 12.1 Å². The van der Waals surface area contributed by atoms with Crippen LogP contribution in [0.15, 0.2) is 41.1 Å². The Morgan fingerprint density at radius 3 is 3.00 bits per heavy atom. The first-order valence-electron chi connectivity index (χ1n) is 7.00. The van der Waals surface area contributed by atoms with E-state index in [-0.39, 0.29) is 24.4 Å². The molecule has 1 aromatic carbocycles. The monoisotopic (exact) mass is 384 g/mol. The minimum Gasteiger partial charge on any atom is -0.334 e. The molecule has 1 atom stereocenters. The second kappa shape index (κ2) is 7.26. The lowest BCUT2D eigenvalue weighted by molar-refractivity contribution is 0.0741. The summed E-state index contributed by atoms with van der Waals surface area (Å²) in [5.74, 6) is 0.0178. The summed E-state index contributed by atoms with van der Waals surface area (Å²) < 4.78 is 2.69. The lowest BCUT2D eigenvalue weighted by Crippen LogP contribution is -2.39. The third-order valence-electron chi connectivity index (χ3n) is 3.81. The highest BCUT2D eigenvalue weighted by Crippen LogP contribution is 2.20. The van der Waals surface area contributed by atoms with Crippen LogP contribution in [0.1, 0.15) is 23.2 Å². The molecular formula is C15H18BrClN4O. The summed E-state index contributed by atoms with van der Waals surface area (Å²) in [7, 11) is 0. The van der Waals surface area contributed by atoms with Gasteiger partial charge in [0.05, 0.1) is 17.4 Å². The number of carbonyl (C=O) groups excluding carboxylic acids is 1. The molecule has 5 nitrogen and oxygen atoms in total. The van der Waals surface area contributed by atoms with Crippen molar-refractivity contribution in [3.63, 3.8) is 0 Å². The lowest BCUT2D eigenvalue weighted by Gasteiger charge is -2.22. The van der Waals surface area contributed by atoms with Crippen molar-refractivity contribution in [2.75, 3.05) is 13.1 Å². The minimum atomic E-state index is 0. The molecule has 118 valence electrons. The van der Waals surface area contributed by atoms with Crippen LogP contribution in [0.3, 0.4) is 0 Å². The summed E-state index contributed by atoms with van der Waals surface area (Å²) in [6.45, 7) is 1.30. The van der Waals surface area contributed by atoms with Gasteiger partial charge >= 0.3 is 0 Å². The molecule has 7 heteroatoms. The molecule has 0 radical (unpaired) electrons. The smallest absolute Gasteiger partial charge is 0.257 e. The van der Waals surface area contributed by atoms with Gasteiger partial charge in [0, 0.05) is 29.8 Å². The Morgan fingerprint density at radius 1 is 1.45 bits per heavy atom. The Hall–Kier alpha value is -1.37. The zero-order chi connectivity index (χ0) is 14.8. The van der Waals surface area contributed by atoms with E-state index in [9.17, 15) is 4.79 Å². The maximum atomic E-state index is 12.5. The number of rotatable bonds is 3. The number of nitrogens with zero attached hydrogens (tertiary/aromatic N) is 3. The van der Waals surface area contributed by atoms with Crippen LogP contribution < -0.4 is 5.73 Å². The fourth-order valence-corrected chi connectivity index (χ4v) is 3.09. The number of carbonyl (C=O) groups is 1. The van der Waals surface area contributed by atoms with E-state index in [4.69, 9.17) is 5.73 Å². The second-order valence-electron chi connectivity index (χ2n) is 5.18. The minimum absolute atomic E-state index is 0. The SMILES string of the molecule is Cl.NCC1CCCN1C(=O)c1cnn(-c2cccc(Br)c2)c1. The van der Waals surface area contributed by atoms with Crippen LogP contribution >= 0.6 is 28.3 Å². The van der Waals surface area contributed by atoms with Gasteiger partial charge in [-0.25, -0.2) is 4.68 Å². The van der Waals surface area contributed by atoms with Gasteiger partial charge in [0.1, 0.15) is 0 Å². The van der Waals surface area contributed by atoms with Gasteiger partial charge in [-0.1, -0.05) is 22.0 Å². The zero-order valence-corrected chi connectivity index (χ0v) is 14.4. The molecule has 0 spiro atoms. The highest BCUT2D eigenvalue weighted by molar-refractivity contribution is 9.10. The first-order valence-corrected chi connectivity index (χ1v) is 7.80. The number of amides is 1. The Balaban J connectivity index is 0.00000176.